The molecule has 3 rings (SSSR count). The number of nitrogens with one attached hydrogen (secondary N) is 1. The molecule has 0 amide bonds. The Labute approximate surface area is 84.9 Å². The highest BCUT2D eigenvalue weighted by atomic mass is 19.1. The Morgan fingerprint density at radius 3 is 3.13 bits per heavy atom. The minimum Gasteiger partial charge on any atom is -0.461 e. The van der Waals surface area contributed by atoms with E-state index in [4.69, 9.17) is 4.74 Å². The number of hydrogen-bond donors (Lipinski definition) is 1. The number of benzene rings is 1. The van der Waals surface area contributed by atoms with Crippen molar-refractivity contribution >= 4 is 16.9 Å². The SMILES string of the molecule is O=C1OCCc2c1[nH]c1ccc(F)cc21. The number of H-pyrrole nitrogens is 1. The molecular formula is C11H8FNO2. The lowest BCUT2D eigenvalue weighted by atomic mass is 10.1. The molecule has 3 nitrogen and oxygen atoms in total. The second-order valence-corrected chi connectivity index (χ2v) is 3.55. The predicted octanol–water partition coefficient (Wildman–Crippen LogP) is 2.02. The van der Waals surface area contributed by atoms with Gasteiger partial charge in [0.15, 0.2) is 0 Å². The van der Waals surface area contributed by atoms with Crippen molar-refractivity contribution in [2.45, 2.75) is 6.42 Å². The van der Waals surface area contributed by atoms with Crippen LogP contribution in [0.25, 0.3) is 10.9 Å². The van der Waals surface area contributed by atoms with Crippen LogP contribution in [0.4, 0.5) is 4.39 Å². The van der Waals surface area contributed by atoms with E-state index >= 15 is 0 Å². The van der Waals surface area contributed by atoms with Crippen molar-refractivity contribution in [2.24, 2.45) is 0 Å². The van der Waals surface area contributed by atoms with E-state index in [0.29, 0.717) is 18.7 Å². The number of rotatable bonds is 0. The fourth-order valence-corrected chi connectivity index (χ4v) is 1.97. The highest BCUT2D eigenvalue weighted by Crippen LogP contribution is 2.26. The number of carbonyl (C=O) groups is 1. The summed E-state index contributed by atoms with van der Waals surface area (Å²) in [6.45, 7) is 0.370. The fraction of sp³-hybridized carbons (Fsp3) is 0.182. The summed E-state index contributed by atoms with van der Waals surface area (Å²) >= 11 is 0. The highest BCUT2D eigenvalue weighted by Gasteiger charge is 2.23. The van der Waals surface area contributed by atoms with Gasteiger partial charge in [-0.05, 0) is 23.8 Å². The number of cyclic esters (lactones) is 1. The van der Waals surface area contributed by atoms with Crippen LogP contribution in [0.5, 0.6) is 0 Å². The molecule has 4 heteroatoms. The van der Waals surface area contributed by atoms with Crippen LogP contribution in [-0.2, 0) is 11.2 Å². The molecule has 2 aromatic rings. The van der Waals surface area contributed by atoms with E-state index in [1.807, 2.05) is 0 Å². The molecule has 0 saturated heterocycles. The molecule has 0 unspecified atom stereocenters. The fourth-order valence-electron chi connectivity index (χ4n) is 1.97. The Hall–Kier alpha value is -1.84. The third-order valence-corrected chi connectivity index (χ3v) is 2.66. The smallest absolute Gasteiger partial charge is 0.355 e. The quantitative estimate of drug-likeness (QED) is 0.668. The van der Waals surface area contributed by atoms with Crippen LogP contribution >= 0.6 is 0 Å². The van der Waals surface area contributed by atoms with E-state index in [2.05, 4.69) is 4.98 Å². The predicted molar refractivity (Wildman–Crippen MR) is 52.2 cm³/mol. The maximum Gasteiger partial charge on any atom is 0.355 e. The van der Waals surface area contributed by atoms with Crippen molar-refractivity contribution in [3.8, 4) is 0 Å². The van der Waals surface area contributed by atoms with E-state index in [1.165, 1.54) is 12.1 Å². The Kier molecular flexibility index (Phi) is 1.59. The molecule has 76 valence electrons. The van der Waals surface area contributed by atoms with Crippen LogP contribution in [0.3, 0.4) is 0 Å². The molecule has 2 heterocycles. The van der Waals surface area contributed by atoms with Gasteiger partial charge in [0.25, 0.3) is 0 Å². The molecule has 1 N–H and O–H groups in total. The molecule has 1 aliphatic rings. The lowest BCUT2D eigenvalue weighted by Crippen LogP contribution is -2.16. The average Bonchev–Trinajstić information content (AvgIpc) is 2.58. The number of carbonyl (C=O) groups excluding carboxylic acids is 1. The Bertz CT molecular complexity index is 559. The van der Waals surface area contributed by atoms with Crippen LogP contribution in [0.2, 0.25) is 0 Å². The first-order valence-corrected chi connectivity index (χ1v) is 4.73. The number of hydrogen-bond acceptors (Lipinski definition) is 2. The van der Waals surface area contributed by atoms with Crippen molar-refractivity contribution in [2.75, 3.05) is 6.61 Å². The normalized spacial score (nSPS) is 15.1. The molecule has 1 aliphatic heterocycles. The largest absolute Gasteiger partial charge is 0.461 e. The van der Waals surface area contributed by atoms with Crippen molar-refractivity contribution in [3.05, 3.63) is 35.3 Å². The second-order valence-electron chi connectivity index (χ2n) is 3.55. The number of halogens is 1. The monoisotopic (exact) mass is 205 g/mol. The van der Waals surface area contributed by atoms with Crippen LogP contribution in [0, 0.1) is 5.82 Å². The number of esters is 1. The van der Waals surface area contributed by atoms with Gasteiger partial charge in [-0.15, -0.1) is 0 Å². The summed E-state index contributed by atoms with van der Waals surface area (Å²) in [4.78, 5) is 14.3. The van der Waals surface area contributed by atoms with E-state index in [1.54, 1.807) is 6.07 Å². The minimum atomic E-state index is -0.354. The van der Waals surface area contributed by atoms with Crippen molar-refractivity contribution in [1.82, 2.24) is 4.98 Å². The second kappa shape index (κ2) is 2.82. The third kappa shape index (κ3) is 1.14. The molecule has 1 aromatic heterocycles. The van der Waals surface area contributed by atoms with Gasteiger partial charge in [0.2, 0.25) is 0 Å². The molecule has 0 spiro atoms. The Balaban J connectivity index is 2.36. The average molecular weight is 205 g/mol. The third-order valence-electron chi connectivity index (χ3n) is 2.66. The van der Waals surface area contributed by atoms with Gasteiger partial charge in [0.05, 0.1) is 6.61 Å². The van der Waals surface area contributed by atoms with Gasteiger partial charge < -0.3 is 9.72 Å². The van der Waals surface area contributed by atoms with E-state index in [0.717, 1.165) is 16.5 Å². The van der Waals surface area contributed by atoms with Gasteiger partial charge in [-0.3, -0.25) is 0 Å². The first-order valence-electron chi connectivity index (χ1n) is 4.73. The molecule has 1 aromatic carbocycles. The van der Waals surface area contributed by atoms with Gasteiger partial charge in [-0.2, -0.15) is 0 Å². The van der Waals surface area contributed by atoms with Crippen LogP contribution in [-0.4, -0.2) is 17.6 Å². The van der Waals surface area contributed by atoms with Crippen molar-refractivity contribution in [1.29, 1.82) is 0 Å². The summed E-state index contributed by atoms with van der Waals surface area (Å²) in [5.41, 5.74) is 2.10. The summed E-state index contributed by atoms with van der Waals surface area (Å²) in [6.07, 6.45) is 0.643. The van der Waals surface area contributed by atoms with Crippen LogP contribution in [0.1, 0.15) is 16.1 Å². The molecule has 15 heavy (non-hydrogen) atoms. The molecule has 0 saturated carbocycles. The molecule has 0 bridgehead atoms. The summed E-state index contributed by atoms with van der Waals surface area (Å²) < 4.78 is 18.0. The first kappa shape index (κ1) is 8.47. The number of aromatic nitrogens is 1. The highest BCUT2D eigenvalue weighted by molar-refractivity contribution is 5.99. The van der Waals surface area contributed by atoms with E-state index in [9.17, 15) is 9.18 Å². The van der Waals surface area contributed by atoms with Gasteiger partial charge in [-0.25, -0.2) is 9.18 Å². The van der Waals surface area contributed by atoms with Crippen LogP contribution in [0.15, 0.2) is 18.2 Å². The van der Waals surface area contributed by atoms with Crippen molar-refractivity contribution < 1.29 is 13.9 Å². The lowest BCUT2D eigenvalue weighted by molar-refractivity contribution is 0.0475. The lowest BCUT2D eigenvalue weighted by Gasteiger charge is -2.11. The van der Waals surface area contributed by atoms with Crippen molar-refractivity contribution in [3.63, 3.8) is 0 Å². The van der Waals surface area contributed by atoms with Crippen LogP contribution < -0.4 is 0 Å². The number of ether oxygens (including phenoxy) is 1. The molecule has 0 radical (unpaired) electrons. The van der Waals surface area contributed by atoms with E-state index in [-0.39, 0.29) is 11.8 Å². The minimum absolute atomic E-state index is 0.289. The summed E-state index contributed by atoms with van der Waals surface area (Å²) in [5, 5.41) is 0.779. The standard InChI is InChI=1S/C11H8FNO2/c12-6-1-2-9-8(5-6)7-3-4-15-11(14)10(7)13-9/h1-2,5,13H,3-4H2. The van der Waals surface area contributed by atoms with Gasteiger partial charge >= 0.3 is 5.97 Å². The zero-order valence-corrected chi connectivity index (χ0v) is 7.84. The maximum atomic E-state index is 13.1. The Morgan fingerprint density at radius 1 is 1.40 bits per heavy atom. The van der Waals surface area contributed by atoms with Gasteiger partial charge in [-0.1, -0.05) is 0 Å². The van der Waals surface area contributed by atoms with E-state index < -0.39 is 0 Å². The van der Waals surface area contributed by atoms with Gasteiger partial charge in [0, 0.05) is 17.3 Å². The summed E-state index contributed by atoms with van der Waals surface area (Å²) in [6, 6.07) is 4.45. The zero-order chi connectivity index (χ0) is 10.4. The molecular weight excluding hydrogens is 197 g/mol. The summed E-state index contributed by atoms with van der Waals surface area (Å²) in [7, 11) is 0. The van der Waals surface area contributed by atoms with Gasteiger partial charge in [0.1, 0.15) is 11.5 Å². The molecule has 0 atom stereocenters. The topological polar surface area (TPSA) is 42.1 Å². The maximum absolute atomic E-state index is 13.1. The Morgan fingerprint density at radius 2 is 2.27 bits per heavy atom. The number of fused-ring (bicyclic) bond motifs is 3. The summed E-state index contributed by atoms with van der Waals surface area (Å²) in [5.74, 6) is -0.643. The number of aromatic amines is 1. The molecule has 0 fully saturated rings. The molecule has 0 aliphatic carbocycles. The first-order chi connectivity index (χ1) is 7.25. The zero-order valence-electron chi connectivity index (χ0n) is 7.84.